The second-order valence-corrected chi connectivity index (χ2v) is 14.6. The van der Waals surface area contributed by atoms with Crippen LogP contribution < -0.4 is 44.6 Å². The summed E-state index contributed by atoms with van der Waals surface area (Å²) in [6.07, 6.45) is 6.63. The van der Waals surface area contributed by atoms with Crippen LogP contribution in [0, 0.1) is 23.2 Å². The van der Waals surface area contributed by atoms with Gasteiger partial charge in [0.25, 0.3) is 5.91 Å². The zero-order chi connectivity index (χ0) is 36.3. The van der Waals surface area contributed by atoms with Crippen molar-refractivity contribution in [1.82, 2.24) is 16.0 Å². The van der Waals surface area contributed by atoms with Crippen LogP contribution in [-0.2, 0) is 30.3 Å². The Balaban J connectivity index is 1.52. The van der Waals surface area contributed by atoms with Gasteiger partial charge in [-0.2, -0.15) is 0 Å². The molecule has 4 fully saturated rings. The highest BCUT2D eigenvalue weighted by molar-refractivity contribution is 5.95. The fraction of sp³-hybridized carbons (Fsp3) is 0.657. The fourth-order valence-corrected chi connectivity index (χ4v) is 8.68. The molecule has 0 spiro atoms. The van der Waals surface area contributed by atoms with E-state index in [4.69, 9.17) is 33.4 Å². The van der Waals surface area contributed by atoms with Gasteiger partial charge in [0.15, 0.2) is 12.1 Å². The van der Waals surface area contributed by atoms with E-state index in [0.717, 1.165) is 24.8 Å². The van der Waals surface area contributed by atoms with Gasteiger partial charge < -0.3 is 49.4 Å². The number of carbonyl (C=O) groups is 5. The Labute approximate surface area is 293 Å². The molecule has 4 aliphatic carbocycles. The van der Waals surface area contributed by atoms with Gasteiger partial charge in [-0.3, -0.25) is 24.2 Å². The monoisotopic (exact) mass is 697 g/mol. The Bertz CT molecular complexity index is 1330. The predicted molar refractivity (Wildman–Crippen MR) is 188 cm³/mol. The minimum atomic E-state index is -1.19. The molecule has 276 valence electrons. The number of amides is 5. The number of benzene rings is 1. The van der Waals surface area contributed by atoms with Crippen molar-refractivity contribution in [3.05, 3.63) is 35.9 Å². The smallest absolute Gasteiger partial charge is 0.405 e. The van der Waals surface area contributed by atoms with E-state index in [1.165, 1.54) is 19.3 Å². The topological polar surface area (TPSA) is 273 Å². The van der Waals surface area contributed by atoms with Crippen molar-refractivity contribution in [1.29, 1.82) is 0 Å². The Kier molecular flexibility index (Phi) is 13.8. The zero-order valence-electron chi connectivity index (χ0n) is 28.8. The SMILES string of the molecule is NCCCCC(NC(=O)C(Cc1ccccc1)NC(=O)C(CCCN=C(N)N)NC(=O)[C@H](CC12CC3CC(CC(C3)C1)C2)OC(N)=O)C(N)=O. The summed E-state index contributed by atoms with van der Waals surface area (Å²) < 4.78 is 5.42. The van der Waals surface area contributed by atoms with Crippen molar-refractivity contribution in [3.8, 4) is 0 Å². The molecule has 0 saturated heterocycles. The lowest BCUT2D eigenvalue weighted by molar-refractivity contribution is -0.139. The van der Waals surface area contributed by atoms with E-state index in [2.05, 4.69) is 20.9 Å². The molecular weight excluding hydrogens is 642 g/mol. The Morgan fingerprint density at radius 3 is 1.88 bits per heavy atom. The summed E-state index contributed by atoms with van der Waals surface area (Å²) in [6, 6.07) is 5.83. The van der Waals surface area contributed by atoms with Crippen molar-refractivity contribution >= 4 is 35.7 Å². The number of nitrogens with zero attached hydrogens (tertiary/aromatic N) is 1. The van der Waals surface area contributed by atoms with Gasteiger partial charge in [0.2, 0.25) is 17.7 Å². The van der Waals surface area contributed by atoms with E-state index in [1.54, 1.807) is 12.1 Å². The maximum absolute atomic E-state index is 14.0. The first-order valence-electron chi connectivity index (χ1n) is 17.8. The third kappa shape index (κ3) is 11.3. The molecule has 13 N–H and O–H groups in total. The van der Waals surface area contributed by atoms with Gasteiger partial charge in [0.1, 0.15) is 18.1 Å². The lowest BCUT2D eigenvalue weighted by atomic mass is 9.48. The summed E-state index contributed by atoms with van der Waals surface area (Å²) in [5.74, 6) is -0.897. The molecule has 1 aromatic carbocycles. The first-order valence-corrected chi connectivity index (χ1v) is 17.8. The minimum Gasteiger partial charge on any atom is -0.436 e. The van der Waals surface area contributed by atoms with Crippen LogP contribution in [0.4, 0.5) is 4.79 Å². The molecule has 15 heteroatoms. The van der Waals surface area contributed by atoms with Crippen LogP contribution in [0.1, 0.15) is 82.6 Å². The maximum atomic E-state index is 14.0. The summed E-state index contributed by atoms with van der Waals surface area (Å²) in [4.78, 5) is 69.7. The molecule has 0 aromatic heterocycles. The van der Waals surface area contributed by atoms with E-state index >= 15 is 0 Å². The largest absolute Gasteiger partial charge is 0.436 e. The first kappa shape index (κ1) is 38.4. The van der Waals surface area contributed by atoms with Crippen molar-refractivity contribution in [2.24, 2.45) is 56.8 Å². The molecule has 4 bridgehead atoms. The van der Waals surface area contributed by atoms with Crippen molar-refractivity contribution in [3.63, 3.8) is 0 Å². The molecule has 4 saturated carbocycles. The minimum absolute atomic E-state index is 0.0980. The molecule has 3 unspecified atom stereocenters. The molecule has 0 radical (unpaired) electrons. The molecule has 1 aromatic rings. The molecule has 50 heavy (non-hydrogen) atoms. The molecule has 4 atom stereocenters. The highest BCUT2D eigenvalue weighted by atomic mass is 16.6. The number of rotatable bonds is 20. The number of primary amides is 2. The van der Waals surface area contributed by atoms with Crippen molar-refractivity contribution in [2.45, 2.75) is 108 Å². The lowest BCUT2D eigenvalue weighted by Gasteiger charge is -2.57. The zero-order valence-corrected chi connectivity index (χ0v) is 28.8. The second kappa shape index (κ2) is 18.0. The number of ether oxygens (including phenoxy) is 1. The van der Waals surface area contributed by atoms with Crippen molar-refractivity contribution in [2.75, 3.05) is 13.1 Å². The number of nitrogens with two attached hydrogens (primary N) is 5. The normalized spacial score (nSPS) is 24.2. The number of hydrogen-bond acceptors (Lipinski definition) is 8. The molecule has 0 heterocycles. The summed E-state index contributed by atoms with van der Waals surface area (Å²) in [5, 5.41) is 8.25. The summed E-state index contributed by atoms with van der Waals surface area (Å²) in [5.41, 5.74) is 28.2. The van der Waals surface area contributed by atoms with E-state index in [0.29, 0.717) is 56.4 Å². The highest BCUT2D eigenvalue weighted by Crippen LogP contribution is 2.61. The number of guanidine groups is 1. The number of nitrogens with one attached hydrogen (secondary N) is 3. The third-order valence-corrected chi connectivity index (χ3v) is 10.4. The van der Waals surface area contributed by atoms with Gasteiger partial charge in [-0.1, -0.05) is 30.3 Å². The Hall–Kier alpha value is -4.40. The van der Waals surface area contributed by atoms with E-state index in [1.807, 2.05) is 18.2 Å². The third-order valence-electron chi connectivity index (χ3n) is 10.4. The number of unbranched alkanes of at least 4 members (excludes halogenated alkanes) is 1. The Morgan fingerprint density at radius 2 is 1.32 bits per heavy atom. The van der Waals surface area contributed by atoms with Gasteiger partial charge in [-0.25, -0.2) is 4.79 Å². The molecular formula is C35H55N9O6. The van der Waals surface area contributed by atoms with E-state index in [-0.39, 0.29) is 30.8 Å². The highest BCUT2D eigenvalue weighted by Gasteiger charge is 2.52. The fourth-order valence-electron chi connectivity index (χ4n) is 8.68. The van der Waals surface area contributed by atoms with Crippen LogP contribution in [0.2, 0.25) is 0 Å². The van der Waals surface area contributed by atoms with Crippen LogP contribution >= 0.6 is 0 Å². The number of hydrogen-bond donors (Lipinski definition) is 8. The molecule has 0 aliphatic heterocycles. The summed E-state index contributed by atoms with van der Waals surface area (Å²) >= 11 is 0. The molecule has 5 rings (SSSR count). The van der Waals surface area contributed by atoms with Gasteiger partial charge in [0.05, 0.1) is 0 Å². The van der Waals surface area contributed by atoms with Crippen LogP contribution in [-0.4, -0.2) is 73.0 Å². The molecule has 15 nitrogen and oxygen atoms in total. The summed E-state index contributed by atoms with van der Waals surface area (Å²) in [6.45, 7) is 0.615. The van der Waals surface area contributed by atoms with Gasteiger partial charge in [-0.05, 0) is 112 Å². The predicted octanol–water partition coefficient (Wildman–Crippen LogP) is 0.422. The molecule has 5 amide bonds. The quantitative estimate of drug-likeness (QED) is 0.0532. The second-order valence-electron chi connectivity index (χ2n) is 14.6. The standard InChI is InChI=1S/C35H55N9O6/c36-11-5-4-9-25(29(37)45)42-31(47)27(16-21-7-2-1-3-8-21)44-30(46)26(10-6-12-41-33(38)39)43-32(48)28(50-34(40)49)20-35-17-22-13-23(18-35)15-24(14-22)19-35/h1-3,7-8,22-28H,4-6,9-20,36H2,(H2,37,45)(H2,40,49)(H,42,47)(H,43,48)(H,44,46)(H4,38,39,41)/t22?,23?,24?,25?,26?,27?,28-,35?/m0/s1. The molecule has 4 aliphatic rings. The van der Waals surface area contributed by atoms with Crippen LogP contribution in [0.5, 0.6) is 0 Å². The van der Waals surface area contributed by atoms with E-state index in [9.17, 15) is 24.0 Å². The summed E-state index contributed by atoms with van der Waals surface area (Å²) in [7, 11) is 0. The van der Waals surface area contributed by atoms with Gasteiger partial charge in [-0.15, -0.1) is 0 Å². The van der Waals surface area contributed by atoms with Crippen molar-refractivity contribution < 1.29 is 28.7 Å². The van der Waals surface area contributed by atoms with Crippen LogP contribution in [0.25, 0.3) is 0 Å². The maximum Gasteiger partial charge on any atom is 0.405 e. The number of aliphatic imine (C=N–C) groups is 1. The van der Waals surface area contributed by atoms with Gasteiger partial charge >= 0.3 is 6.09 Å². The average Bonchev–Trinajstić information content (AvgIpc) is 3.04. The first-order chi connectivity index (χ1) is 23.9. The lowest BCUT2D eigenvalue weighted by Crippen LogP contribution is -2.58. The average molecular weight is 698 g/mol. The van der Waals surface area contributed by atoms with Crippen LogP contribution in [0.3, 0.4) is 0 Å². The van der Waals surface area contributed by atoms with E-state index < -0.39 is 54.0 Å². The number of carbonyl (C=O) groups excluding carboxylic acids is 5. The van der Waals surface area contributed by atoms with Gasteiger partial charge in [0, 0.05) is 13.0 Å². The Morgan fingerprint density at radius 1 is 0.760 bits per heavy atom. The van der Waals surface area contributed by atoms with Crippen LogP contribution in [0.15, 0.2) is 35.3 Å².